The first-order valence-corrected chi connectivity index (χ1v) is 6.90. The molecular weight excluding hydrogens is 255 g/mol. The van der Waals surface area contributed by atoms with Crippen LogP contribution in [0.15, 0.2) is 24.3 Å². The summed E-state index contributed by atoms with van der Waals surface area (Å²) in [5.74, 6) is -0.314. The summed E-state index contributed by atoms with van der Waals surface area (Å²) in [7, 11) is 0. The van der Waals surface area contributed by atoms with Gasteiger partial charge in [0.15, 0.2) is 5.78 Å². The number of Topliss-reactive ketones (excluding diaryl/α,β-unsaturated/α-hetero) is 1. The molecule has 20 heavy (non-hydrogen) atoms. The Balaban J connectivity index is 2.25. The zero-order valence-corrected chi connectivity index (χ0v) is 12.1. The van der Waals surface area contributed by atoms with Crippen LogP contribution in [0.4, 0.5) is 4.39 Å². The largest absolute Gasteiger partial charge is 0.294 e. The number of ketones is 1. The van der Waals surface area contributed by atoms with E-state index in [9.17, 15) is 9.18 Å². The van der Waals surface area contributed by atoms with Crippen molar-refractivity contribution in [3.63, 3.8) is 0 Å². The molecule has 0 aliphatic carbocycles. The molecule has 3 nitrogen and oxygen atoms in total. The molecule has 0 fully saturated rings. The molecule has 106 valence electrons. The first kappa shape index (κ1) is 14.4. The van der Waals surface area contributed by atoms with Crippen molar-refractivity contribution in [1.82, 2.24) is 9.78 Å². The number of rotatable bonds is 5. The maximum absolute atomic E-state index is 13.1. The van der Waals surface area contributed by atoms with Gasteiger partial charge in [-0.3, -0.25) is 9.48 Å². The standard InChI is InChI=1S/C16H19FN2O/c1-4-13-9-14(19(5-2)18-13)10-16(20)15-7-6-12(17)8-11(15)3/h6-9H,4-5,10H2,1-3H3. The van der Waals surface area contributed by atoms with Crippen molar-refractivity contribution in [2.24, 2.45) is 0 Å². The van der Waals surface area contributed by atoms with Crippen molar-refractivity contribution in [2.75, 3.05) is 0 Å². The summed E-state index contributed by atoms with van der Waals surface area (Å²) in [6, 6.07) is 6.25. The Bertz CT molecular complexity index is 631. The molecule has 0 radical (unpaired) electrons. The third-order valence-electron chi connectivity index (χ3n) is 3.41. The van der Waals surface area contributed by atoms with Gasteiger partial charge in [-0.15, -0.1) is 0 Å². The summed E-state index contributed by atoms with van der Waals surface area (Å²) in [6.07, 6.45) is 1.15. The summed E-state index contributed by atoms with van der Waals surface area (Å²) in [5.41, 5.74) is 3.16. The average molecular weight is 274 g/mol. The highest BCUT2D eigenvalue weighted by Gasteiger charge is 2.14. The fourth-order valence-corrected chi connectivity index (χ4v) is 2.30. The zero-order valence-electron chi connectivity index (χ0n) is 12.1. The second-order valence-electron chi connectivity index (χ2n) is 4.86. The van der Waals surface area contributed by atoms with E-state index in [-0.39, 0.29) is 11.6 Å². The molecule has 1 aromatic carbocycles. The van der Waals surface area contributed by atoms with Crippen molar-refractivity contribution in [3.05, 3.63) is 52.6 Å². The topological polar surface area (TPSA) is 34.9 Å². The van der Waals surface area contributed by atoms with Gasteiger partial charge in [0, 0.05) is 17.8 Å². The van der Waals surface area contributed by atoms with E-state index >= 15 is 0 Å². The van der Waals surface area contributed by atoms with E-state index in [1.165, 1.54) is 12.1 Å². The van der Waals surface area contributed by atoms with E-state index in [2.05, 4.69) is 5.10 Å². The average Bonchev–Trinajstić information content (AvgIpc) is 2.80. The lowest BCUT2D eigenvalue weighted by Crippen LogP contribution is -2.11. The van der Waals surface area contributed by atoms with Crippen LogP contribution in [0.3, 0.4) is 0 Å². The number of hydrogen-bond acceptors (Lipinski definition) is 2. The van der Waals surface area contributed by atoms with Gasteiger partial charge < -0.3 is 0 Å². The Labute approximate surface area is 118 Å². The van der Waals surface area contributed by atoms with Crippen LogP contribution in [-0.4, -0.2) is 15.6 Å². The smallest absolute Gasteiger partial charge is 0.169 e. The van der Waals surface area contributed by atoms with Crippen LogP contribution >= 0.6 is 0 Å². The Hall–Kier alpha value is -1.97. The first-order valence-electron chi connectivity index (χ1n) is 6.90. The molecule has 1 aromatic heterocycles. The van der Waals surface area contributed by atoms with Gasteiger partial charge in [0.2, 0.25) is 0 Å². The number of benzene rings is 1. The number of halogens is 1. The fourth-order valence-electron chi connectivity index (χ4n) is 2.30. The van der Waals surface area contributed by atoms with Gasteiger partial charge in [-0.05, 0) is 50.1 Å². The van der Waals surface area contributed by atoms with Crippen molar-refractivity contribution in [3.8, 4) is 0 Å². The molecule has 0 unspecified atom stereocenters. The predicted octanol–water partition coefficient (Wildman–Crippen LogP) is 3.34. The number of nitrogens with zero attached hydrogens (tertiary/aromatic N) is 2. The Kier molecular flexibility index (Phi) is 4.32. The quantitative estimate of drug-likeness (QED) is 0.784. The summed E-state index contributed by atoms with van der Waals surface area (Å²) >= 11 is 0. The number of hydrogen-bond donors (Lipinski definition) is 0. The minimum atomic E-state index is -0.314. The predicted molar refractivity (Wildman–Crippen MR) is 76.5 cm³/mol. The monoisotopic (exact) mass is 274 g/mol. The number of aryl methyl sites for hydroxylation is 3. The summed E-state index contributed by atoms with van der Waals surface area (Å²) in [6.45, 7) is 6.54. The van der Waals surface area contributed by atoms with E-state index in [1.54, 1.807) is 13.0 Å². The van der Waals surface area contributed by atoms with E-state index in [0.29, 0.717) is 17.5 Å². The molecule has 4 heteroatoms. The van der Waals surface area contributed by atoms with Gasteiger partial charge in [-0.2, -0.15) is 5.10 Å². The Morgan fingerprint density at radius 3 is 2.65 bits per heavy atom. The first-order chi connectivity index (χ1) is 9.55. The maximum atomic E-state index is 13.1. The van der Waals surface area contributed by atoms with Gasteiger partial charge in [-0.1, -0.05) is 6.92 Å². The second-order valence-corrected chi connectivity index (χ2v) is 4.86. The van der Waals surface area contributed by atoms with Crippen molar-refractivity contribution in [1.29, 1.82) is 0 Å². The molecule has 0 bridgehead atoms. The van der Waals surface area contributed by atoms with Crippen LogP contribution in [0.25, 0.3) is 0 Å². The summed E-state index contributed by atoms with van der Waals surface area (Å²) < 4.78 is 14.9. The fraction of sp³-hybridized carbons (Fsp3) is 0.375. The molecular formula is C16H19FN2O. The van der Waals surface area contributed by atoms with Crippen molar-refractivity contribution >= 4 is 5.78 Å². The highest BCUT2D eigenvalue weighted by molar-refractivity contribution is 5.98. The number of carbonyl (C=O) groups is 1. The molecule has 0 saturated heterocycles. The third kappa shape index (κ3) is 2.95. The molecule has 0 spiro atoms. The highest BCUT2D eigenvalue weighted by Crippen LogP contribution is 2.15. The number of carbonyl (C=O) groups excluding carboxylic acids is 1. The van der Waals surface area contributed by atoms with Gasteiger partial charge >= 0.3 is 0 Å². The zero-order chi connectivity index (χ0) is 14.7. The highest BCUT2D eigenvalue weighted by atomic mass is 19.1. The molecule has 0 atom stereocenters. The maximum Gasteiger partial charge on any atom is 0.169 e. The Morgan fingerprint density at radius 1 is 1.30 bits per heavy atom. The second kappa shape index (κ2) is 5.99. The van der Waals surface area contributed by atoms with Crippen LogP contribution in [0.1, 0.15) is 41.2 Å². The third-order valence-corrected chi connectivity index (χ3v) is 3.41. The van der Waals surface area contributed by atoms with Crippen molar-refractivity contribution in [2.45, 2.75) is 40.2 Å². The molecule has 0 N–H and O–H groups in total. The molecule has 2 aromatic rings. The minimum Gasteiger partial charge on any atom is -0.294 e. The van der Waals surface area contributed by atoms with Gasteiger partial charge in [0.1, 0.15) is 5.82 Å². The van der Waals surface area contributed by atoms with Crippen LogP contribution in [0, 0.1) is 12.7 Å². The minimum absolute atomic E-state index is 0.000229. The van der Waals surface area contributed by atoms with Gasteiger partial charge in [-0.25, -0.2) is 4.39 Å². The normalized spacial score (nSPS) is 10.8. The van der Waals surface area contributed by atoms with E-state index in [1.807, 2.05) is 24.6 Å². The molecule has 0 saturated carbocycles. The van der Waals surface area contributed by atoms with Crippen LogP contribution < -0.4 is 0 Å². The van der Waals surface area contributed by atoms with Crippen LogP contribution in [-0.2, 0) is 19.4 Å². The van der Waals surface area contributed by atoms with Crippen molar-refractivity contribution < 1.29 is 9.18 Å². The Morgan fingerprint density at radius 2 is 2.05 bits per heavy atom. The van der Waals surface area contributed by atoms with E-state index in [0.717, 1.165) is 24.4 Å². The molecule has 1 heterocycles. The lowest BCUT2D eigenvalue weighted by molar-refractivity contribution is 0.0990. The molecule has 0 amide bonds. The van der Waals surface area contributed by atoms with Crippen LogP contribution in [0.2, 0.25) is 0 Å². The number of aromatic nitrogens is 2. The lowest BCUT2D eigenvalue weighted by Gasteiger charge is -2.06. The van der Waals surface area contributed by atoms with Gasteiger partial charge in [0.25, 0.3) is 0 Å². The molecule has 2 rings (SSSR count). The van der Waals surface area contributed by atoms with E-state index < -0.39 is 0 Å². The van der Waals surface area contributed by atoms with E-state index in [4.69, 9.17) is 0 Å². The molecule has 0 aliphatic rings. The lowest BCUT2D eigenvalue weighted by atomic mass is 10.0. The summed E-state index contributed by atoms with van der Waals surface area (Å²) in [5, 5.41) is 4.43. The van der Waals surface area contributed by atoms with Crippen LogP contribution in [0.5, 0.6) is 0 Å². The van der Waals surface area contributed by atoms with Gasteiger partial charge in [0.05, 0.1) is 12.1 Å². The summed E-state index contributed by atoms with van der Waals surface area (Å²) in [4.78, 5) is 12.3. The molecule has 0 aliphatic heterocycles. The SMILES string of the molecule is CCc1cc(CC(=O)c2ccc(F)cc2C)n(CC)n1.